The zero-order chi connectivity index (χ0) is 14.9. The summed E-state index contributed by atoms with van der Waals surface area (Å²) in [5, 5.41) is 8.24. The van der Waals surface area contributed by atoms with Gasteiger partial charge in [0.1, 0.15) is 0 Å². The van der Waals surface area contributed by atoms with E-state index >= 15 is 0 Å². The summed E-state index contributed by atoms with van der Waals surface area (Å²) in [6, 6.07) is 10.3. The van der Waals surface area contributed by atoms with Crippen LogP contribution in [0.3, 0.4) is 0 Å². The molecule has 0 aliphatic heterocycles. The predicted octanol–water partition coefficient (Wildman–Crippen LogP) is 2.28. The van der Waals surface area contributed by atoms with Gasteiger partial charge in [-0.05, 0) is 55.3 Å². The molecule has 6 heteroatoms. The summed E-state index contributed by atoms with van der Waals surface area (Å²) >= 11 is 0. The molecule has 0 radical (unpaired) electrons. The number of nitrogens with one attached hydrogen (secondary N) is 1. The third kappa shape index (κ3) is 3.28. The number of hydrogen-bond donors (Lipinski definition) is 3. The van der Waals surface area contributed by atoms with Crippen molar-refractivity contribution in [3.8, 4) is 0 Å². The second-order valence-corrected chi connectivity index (χ2v) is 6.36. The van der Waals surface area contributed by atoms with Crippen LogP contribution in [0.2, 0.25) is 0 Å². The maximum Gasteiger partial charge on any atom is 0.238 e. The quantitative estimate of drug-likeness (QED) is 0.755. The molecule has 0 amide bonds. The van der Waals surface area contributed by atoms with E-state index in [9.17, 15) is 8.42 Å². The monoisotopic (exact) mass is 291 g/mol. The van der Waals surface area contributed by atoms with E-state index in [0.717, 1.165) is 16.8 Å². The molecule has 5 nitrogen and oxygen atoms in total. The van der Waals surface area contributed by atoms with E-state index < -0.39 is 10.0 Å². The van der Waals surface area contributed by atoms with Gasteiger partial charge in [0.15, 0.2) is 0 Å². The van der Waals surface area contributed by atoms with Crippen molar-refractivity contribution in [1.29, 1.82) is 0 Å². The Labute approximate surface area is 118 Å². The first-order chi connectivity index (χ1) is 9.25. The Morgan fingerprint density at radius 1 is 1.00 bits per heavy atom. The minimum absolute atomic E-state index is 0.0265. The average molecular weight is 291 g/mol. The van der Waals surface area contributed by atoms with E-state index in [-0.39, 0.29) is 4.90 Å². The summed E-state index contributed by atoms with van der Waals surface area (Å²) in [7, 11) is -3.75. The van der Waals surface area contributed by atoms with E-state index in [1.54, 1.807) is 0 Å². The van der Waals surface area contributed by atoms with Crippen LogP contribution >= 0.6 is 0 Å². The number of primary sulfonamides is 1. The van der Waals surface area contributed by atoms with E-state index in [2.05, 4.69) is 11.4 Å². The standard InChI is InChI=1S/C14H17N3O2S/c1-9-5-10(2)7-11(6-9)17-14-8-12(20(16,18)19)3-4-13(14)15/h3-8,17H,15H2,1-2H3,(H2,16,18,19). The fourth-order valence-corrected chi connectivity index (χ4v) is 2.56. The average Bonchev–Trinajstić information content (AvgIpc) is 2.29. The van der Waals surface area contributed by atoms with Crippen molar-refractivity contribution in [2.75, 3.05) is 11.1 Å². The molecule has 0 unspecified atom stereocenters. The molecule has 0 spiro atoms. The summed E-state index contributed by atoms with van der Waals surface area (Å²) in [6.45, 7) is 3.98. The van der Waals surface area contributed by atoms with Gasteiger partial charge in [-0.15, -0.1) is 0 Å². The van der Waals surface area contributed by atoms with Crippen molar-refractivity contribution >= 4 is 27.1 Å². The molecular formula is C14H17N3O2S. The van der Waals surface area contributed by atoms with Gasteiger partial charge in [0, 0.05) is 5.69 Å². The smallest absolute Gasteiger partial charge is 0.238 e. The Morgan fingerprint density at radius 2 is 1.60 bits per heavy atom. The van der Waals surface area contributed by atoms with Crippen molar-refractivity contribution in [2.45, 2.75) is 18.7 Å². The second-order valence-electron chi connectivity index (χ2n) is 4.80. The first-order valence-corrected chi connectivity index (χ1v) is 7.58. The molecule has 0 saturated carbocycles. The summed E-state index contributed by atoms with van der Waals surface area (Å²) < 4.78 is 22.7. The SMILES string of the molecule is Cc1cc(C)cc(Nc2cc(S(N)(=O)=O)ccc2N)c1. The molecule has 20 heavy (non-hydrogen) atoms. The van der Waals surface area contributed by atoms with Crippen molar-refractivity contribution < 1.29 is 8.42 Å². The van der Waals surface area contributed by atoms with Gasteiger partial charge in [0.2, 0.25) is 10.0 Å². The Morgan fingerprint density at radius 3 is 2.15 bits per heavy atom. The third-order valence-corrected chi connectivity index (χ3v) is 3.76. The van der Waals surface area contributed by atoms with Gasteiger partial charge in [0.25, 0.3) is 0 Å². The number of benzene rings is 2. The maximum atomic E-state index is 11.4. The van der Waals surface area contributed by atoms with Crippen LogP contribution in [-0.2, 0) is 10.0 Å². The van der Waals surface area contributed by atoms with Crippen LogP contribution in [0.4, 0.5) is 17.1 Å². The van der Waals surface area contributed by atoms with Gasteiger partial charge >= 0.3 is 0 Å². The molecule has 0 aliphatic rings. The molecule has 106 valence electrons. The van der Waals surface area contributed by atoms with E-state index in [1.165, 1.54) is 18.2 Å². The van der Waals surface area contributed by atoms with Crippen LogP contribution in [-0.4, -0.2) is 8.42 Å². The molecule has 0 aromatic heterocycles. The molecule has 2 aromatic carbocycles. The summed E-state index contributed by atoms with van der Waals surface area (Å²) in [6.07, 6.45) is 0. The minimum Gasteiger partial charge on any atom is -0.397 e. The number of anilines is 3. The van der Waals surface area contributed by atoms with Crippen LogP contribution in [0, 0.1) is 13.8 Å². The summed E-state index contributed by atoms with van der Waals surface area (Å²) in [4.78, 5) is 0.0265. The molecule has 0 bridgehead atoms. The Balaban J connectivity index is 2.42. The third-order valence-electron chi connectivity index (χ3n) is 2.85. The fourth-order valence-electron chi connectivity index (χ4n) is 2.02. The zero-order valence-corrected chi connectivity index (χ0v) is 12.2. The minimum atomic E-state index is -3.75. The summed E-state index contributed by atoms with van der Waals surface area (Å²) in [5.74, 6) is 0. The second kappa shape index (κ2) is 5.15. The summed E-state index contributed by atoms with van der Waals surface area (Å²) in [5.41, 5.74) is 9.89. The Bertz CT molecular complexity index is 735. The van der Waals surface area contributed by atoms with Gasteiger partial charge in [0.05, 0.1) is 16.3 Å². The number of aryl methyl sites for hydroxylation is 2. The molecule has 5 N–H and O–H groups in total. The Hall–Kier alpha value is -2.05. The highest BCUT2D eigenvalue weighted by atomic mass is 32.2. The lowest BCUT2D eigenvalue weighted by Crippen LogP contribution is -2.12. The largest absolute Gasteiger partial charge is 0.397 e. The number of sulfonamides is 1. The highest BCUT2D eigenvalue weighted by Gasteiger charge is 2.10. The predicted molar refractivity (Wildman–Crippen MR) is 81.4 cm³/mol. The molecule has 2 aromatic rings. The molecule has 0 heterocycles. The van der Waals surface area contributed by atoms with Crippen LogP contribution in [0.1, 0.15) is 11.1 Å². The number of hydrogen-bond acceptors (Lipinski definition) is 4. The first kappa shape index (κ1) is 14.4. The van der Waals surface area contributed by atoms with Gasteiger partial charge in [-0.3, -0.25) is 0 Å². The van der Waals surface area contributed by atoms with Gasteiger partial charge in [-0.1, -0.05) is 6.07 Å². The van der Waals surface area contributed by atoms with Crippen molar-refractivity contribution in [3.63, 3.8) is 0 Å². The molecule has 0 fully saturated rings. The number of nitrogen functional groups attached to an aromatic ring is 1. The Kier molecular flexibility index (Phi) is 3.69. The fraction of sp³-hybridized carbons (Fsp3) is 0.143. The highest BCUT2D eigenvalue weighted by Crippen LogP contribution is 2.26. The van der Waals surface area contributed by atoms with E-state index in [0.29, 0.717) is 11.4 Å². The van der Waals surface area contributed by atoms with Crippen molar-refractivity contribution in [3.05, 3.63) is 47.5 Å². The molecule has 0 aliphatic carbocycles. The van der Waals surface area contributed by atoms with Gasteiger partial charge in [-0.25, -0.2) is 13.6 Å². The maximum absolute atomic E-state index is 11.4. The van der Waals surface area contributed by atoms with Crippen LogP contribution in [0.5, 0.6) is 0 Å². The lowest BCUT2D eigenvalue weighted by Gasteiger charge is -2.12. The molecular weight excluding hydrogens is 274 g/mol. The number of rotatable bonds is 3. The zero-order valence-electron chi connectivity index (χ0n) is 11.3. The van der Waals surface area contributed by atoms with Gasteiger partial charge in [-0.2, -0.15) is 0 Å². The van der Waals surface area contributed by atoms with E-state index in [1.807, 2.05) is 26.0 Å². The highest BCUT2D eigenvalue weighted by molar-refractivity contribution is 7.89. The molecule has 0 saturated heterocycles. The van der Waals surface area contributed by atoms with Crippen molar-refractivity contribution in [2.24, 2.45) is 5.14 Å². The van der Waals surface area contributed by atoms with Crippen LogP contribution in [0.15, 0.2) is 41.3 Å². The van der Waals surface area contributed by atoms with Gasteiger partial charge < -0.3 is 11.1 Å². The van der Waals surface area contributed by atoms with Crippen LogP contribution in [0.25, 0.3) is 0 Å². The molecule has 0 atom stereocenters. The molecule has 2 rings (SSSR count). The van der Waals surface area contributed by atoms with Crippen molar-refractivity contribution in [1.82, 2.24) is 0 Å². The lowest BCUT2D eigenvalue weighted by atomic mass is 10.1. The normalized spacial score (nSPS) is 11.3. The van der Waals surface area contributed by atoms with Crippen LogP contribution < -0.4 is 16.2 Å². The lowest BCUT2D eigenvalue weighted by molar-refractivity contribution is 0.598. The number of nitrogens with two attached hydrogens (primary N) is 2. The first-order valence-electron chi connectivity index (χ1n) is 6.03. The topological polar surface area (TPSA) is 98.2 Å². The van der Waals surface area contributed by atoms with E-state index in [4.69, 9.17) is 10.9 Å².